The van der Waals surface area contributed by atoms with E-state index in [0.29, 0.717) is 5.13 Å². The lowest BCUT2D eigenvalue weighted by molar-refractivity contribution is -0.115. The number of carbonyl (C=O) groups is 1. The molecule has 8 heteroatoms. The van der Waals surface area contributed by atoms with Gasteiger partial charge in [0.1, 0.15) is 0 Å². The van der Waals surface area contributed by atoms with Crippen LogP contribution in [0.4, 0.5) is 5.13 Å². The molecular formula is C16H15BrN4OS2. The highest BCUT2D eigenvalue weighted by Gasteiger charge is 2.18. The lowest BCUT2D eigenvalue weighted by Gasteiger charge is -2.09. The average molecular weight is 423 g/mol. The zero-order valence-electron chi connectivity index (χ0n) is 13.1. The Morgan fingerprint density at radius 2 is 2.12 bits per heavy atom. The first-order valence-corrected chi connectivity index (χ1v) is 9.74. The van der Waals surface area contributed by atoms with Gasteiger partial charge in [-0.1, -0.05) is 39.8 Å². The number of imidazole rings is 1. The predicted octanol–water partition coefficient (Wildman–Crippen LogP) is 4.43. The summed E-state index contributed by atoms with van der Waals surface area (Å²) in [5.41, 5.74) is 1.87. The second-order valence-electron chi connectivity index (χ2n) is 5.11. The first-order chi connectivity index (χ1) is 11.5. The van der Waals surface area contributed by atoms with Crippen LogP contribution in [0.3, 0.4) is 0 Å². The van der Waals surface area contributed by atoms with E-state index < -0.39 is 0 Å². The van der Waals surface area contributed by atoms with E-state index in [1.165, 1.54) is 23.1 Å². The Kier molecular flexibility index (Phi) is 5.37. The number of aromatic nitrogens is 3. The predicted molar refractivity (Wildman–Crippen MR) is 102 cm³/mol. The third-order valence-corrected chi connectivity index (χ3v) is 5.76. The lowest BCUT2D eigenvalue weighted by Crippen LogP contribution is -2.22. The van der Waals surface area contributed by atoms with Gasteiger partial charge in [-0.3, -0.25) is 4.79 Å². The first-order valence-electron chi connectivity index (χ1n) is 7.19. The third-order valence-electron chi connectivity index (χ3n) is 3.30. The van der Waals surface area contributed by atoms with Gasteiger partial charge in [-0.05, 0) is 19.1 Å². The molecule has 0 aliphatic rings. The molecule has 5 nitrogen and oxygen atoms in total. The largest absolute Gasteiger partial charge is 0.329 e. The van der Waals surface area contributed by atoms with E-state index in [0.717, 1.165) is 20.9 Å². The minimum absolute atomic E-state index is 0.0836. The second kappa shape index (κ2) is 7.50. The molecule has 1 amide bonds. The molecule has 1 aromatic carbocycles. The molecule has 0 radical (unpaired) electrons. The van der Waals surface area contributed by atoms with Crippen molar-refractivity contribution < 1.29 is 4.79 Å². The fraction of sp³-hybridized carbons (Fsp3) is 0.188. The van der Waals surface area contributed by atoms with Gasteiger partial charge in [-0.2, -0.15) is 0 Å². The quantitative estimate of drug-likeness (QED) is 0.617. The summed E-state index contributed by atoms with van der Waals surface area (Å²) in [5, 5.41) is 5.97. The Balaban J connectivity index is 1.64. The number of amides is 1. The van der Waals surface area contributed by atoms with Crippen molar-refractivity contribution in [3.8, 4) is 11.3 Å². The van der Waals surface area contributed by atoms with Crippen LogP contribution < -0.4 is 5.32 Å². The molecule has 0 aliphatic carbocycles. The van der Waals surface area contributed by atoms with Crippen LogP contribution in [0.2, 0.25) is 0 Å². The van der Waals surface area contributed by atoms with Gasteiger partial charge in [-0.25, -0.2) is 9.97 Å². The molecule has 0 saturated carbocycles. The highest BCUT2D eigenvalue weighted by atomic mass is 79.9. The number of thiazole rings is 1. The number of benzene rings is 1. The molecular weight excluding hydrogens is 408 g/mol. The Morgan fingerprint density at radius 3 is 2.79 bits per heavy atom. The highest BCUT2D eigenvalue weighted by molar-refractivity contribution is 9.10. The summed E-state index contributed by atoms with van der Waals surface area (Å²) in [7, 11) is 1.91. The van der Waals surface area contributed by atoms with Crippen LogP contribution >= 0.6 is 39.0 Å². The number of hydrogen-bond acceptors (Lipinski definition) is 5. The summed E-state index contributed by atoms with van der Waals surface area (Å²) in [4.78, 5) is 21.0. The van der Waals surface area contributed by atoms with Gasteiger partial charge in [0, 0.05) is 34.9 Å². The molecule has 0 fully saturated rings. The summed E-state index contributed by atoms with van der Waals surface area (Å²) in [6.07, 6.45) is 3.58. The normalized spacial score (nSPS) is 12.1. The van der Waals surface area contributed by atoms with Crippen LogP contribution in [0.1, 0.15) is 6.92 Å². The summed E-state index contributed by atoms with van der Waals surface area (Å²) < 4.78 is 2.92. The van der Waals surface area contributed by atoms with Crippen molar-refractivity contribution in [3.63, 3.8) is 0 Å². The molecule has 1 N–H and O–H groups in total. The molecule has 124 valence electrons. The molecule has 2 heterocycles. The van der Waals surface area contributed by atoms with E-state index in [4.69, 9.17) is 0 Å². The van der Waals surface area contributed by atoms with Gasteiger partial charge in [-0.15, -0.1) is 11.3 Å². The van der Waals surface area contributed by atoms with Crippen molar-refractivity contribution in [2.24, 2.45) is 7.05 Å². The monoisotopic (exact) mass is 422 g/mol. The smallest absolute Gasteiger partial charge is 0.239 e. The van der Waals surface area contributed by atoms with Gasteiger partial charge in [0.15, 0.2) is 10.3 Å². The number of carbonyl (C=O) groups excluding carboxylic acids is 1. The van der Waals surface area contributed by atoms with Crippen LogP contribution in [0.5, 0.6) is 0 Å². The highest BCUT2D eigenvalue weighted by Crippen LogP contribution is 2.27. The Labute approximate surface area is 156 Å². The van der Waals surface area contributed by atoms with Crippen molar-refractivity contribution in [3.05, 3.63) is 46.5 Å². The zero-order valence-corrected chi connectivity index (χ0v) is 16.3. The Hall–Kier alpha value is -1.64. The van der Waals surface area contributed by atoms with E-state index in [2.05, 4.69) is 31.2 Å². The average Bonchev–Trinajstić information content (AvgIpc) is 3.18. The Morgan fingerprint density at radius 1 is 1.38 bits per heavy atom. The molecule has 0 spiro atoms. The van der Waals surface area contributed by atoms with Crippen molar-refractivity contribution in [2.75, 3.05) is 5.32 Å². The molecule has 3 aromatic rings. The van der Waals surface area contributed by atoms with Gasteiger partial charge in [0.2, 0.25) is 5.91 Å². The lowest BCUT2D eigenvalue weighted by atomic mass is 10.2. The van der Waals surface area contributed by atoms with E-state index in [9.17, 15) is 4.79 Å². The molecule has 2 aromatic heterocycles. The standard InChI is InChI=1S/C16H15BrN4OS2/c1-10(24-16-18-7-8-21(16)2)14(22)20-15-19-13(9-23-15)11-3-5-12(17)6-4-11/h3-10H,1-2H3,(H,19,20,22). The minimum atomic E-state index is -0.258. The number of anilines is 1. The molecule has 0 aliphatic heterocycles. The van der Waals surface area contributed by atoms with Crippen LogP contribution in [-0.4, -0.2) is 25.7 Å². The van der Waals surface area contributed by atoms with Gasteiger partial charge in [0.25, 0.3) is 0 Å². The third kappa shape index (κ3) is 4.06. The fourth-order valence-electron chi connectivity index (χ4n) is 1.97. The molecule has 1 unspecified atom stereocenters. The van der Waals surface area contributed by atoms with Gasteiger partial charge >= 0.3 is 0 Å². The maximum Gasteiger partial charge on any atom is 0.239 e. The number of halogens is 1. The molecule has 0 bridgehead atoms. The second-order valence-corrected chi connectivity index (χ2v) is 8.20. The molecule has 3 rings (SSSR count). The number of aryl methyl sites for hydroxylation is 1. The molecule has 1 atom stereocenters. The van der Waals surface area contributed by atoms with Crippen molar-refractivity contribution in [2.45, 2.75) is 17.3 Å². The summed E-state index contributed by atoms with van der Waals surface area (Å²) in [5.74, 6) is -0.0836. The summed E-state index contributed by atoms with van der Waals surface area (Å²) in [6, 6.07) is 7.92. The van der Waals surface area contributed by atoms with Crippen LogP contribution in [0.25, 0.3) is 11.3 Å². The van der Waals surface area contributed by atoms with E-state index in [1.807, 2.05) is 54.4 Å². The number of nitrogens with one attached hydrogen (secondary N) is 1. The number of hydrogen-bond donors (Lipinski definition) is 1. The zero-order chi connectivity index (χ0) is 17.1. The van der Waals surface area contributed by atoms with Crippen LogP contribution in [0, 0.1) is 0 Å². The number of thioether (sulfide) groups is 1. The maximum atomic E-state index is 12.3. The van der Waals surface area contributed by atoms with Crippen molar-refractivity contribution >= 4 is 50.1 Å². The van der Waals surface area contributed by atoms with E-state index in [-0.39, 0.29) is 11.2 Å². The summed E-state index contributed by atoms with van der Waals surface area (Å²) in [6.45, 7) is 1.86. The first kappa shape index (κ1) is 17.2. The molecule has 0 saturated heterocycles. The van der Waals surface area contributed by atoms with Crippen molar-refractivity contribution in [1.29, 1.82) is 0 Å². The van der Waals surface area contributed by atoms with E-state index in [1.54, 1.807) is 6.20 Å². The van der Waals surface area contributed by atoms with Crippen molar-refractivity contribution in [1.82, 2.24) is 14.5 Å². The van der Waals surface area contributed by atoms with E-state index >= 15 is 0 Å². The topological polar surface area (TPSA) is 59.8 Å². The fourth-order valence-corrected chi connectivity index (χ4v) is 3.79. The molecule has 24 heavy (non-hydrogen) atoms. The number of nitrogens with zero attached hydrogens (tertiary/aromatic N) is 3. The van der Waals surface area contributed by atoms with Gasteiger partial charge in [0.05, 0.1) is 10.9 Å². The van der Waals surface area contributed by atoms with Crippen LogP contribution in [-0.2, 0) is 11.8 Å². The maximum absolute atomic E-state index is 12.3. The Bertz CT molecular complexity index is 844. The SMILES string of the molecule is CC(Sc1nccn1C)C(=O)Nc1nc(-c2ccc(Br)cc2)cs1. The minimum Gasteiger partial charge on any atom is -0.329 e. The van der Waals surface area contributed by atoms with Crippen LogP contribution in [0.15, 0.2) is 51.7 Å². The van der Waals surface area contributed by atoms with Gasteiger partial charge < -0.3 is 9.88 Å². The number of rotatable bonds is 5. The summed E-state index contributed by atoms with van der Waals surface area (Å²) >= 11 is 6.26.